The van der Waals surface area contributed by atoms with Gasteiger partial charge in [-0.3, -0.25) is 0 Å². The number of ether oxygens (including phenoxy) is 2. The molecule has 2 aliphatic rings. The lowest BCUT2D eigenvalue weighted by molar-refractivity contribution is 0.171. The van der Waals surface area contributed by atoms with Gasteiger partial charge in [-0.1, -0.05) is 12.1 Å². The van der Waals surface area contributed by atoms with E-state index in [2.05, 4.69) is 28.4 Å². The number of fused-ring (bicyclic) bond motifs is 1. The lowest BCUT2D eigenvalue weighted by Crippen LogP contribution is -2.19. The predicted octanol–water partition coefficient (Wildman–Crippen LogP) is 3.07. The van der Waals surface area contributed by atoms with Crippen LogP contribution in [0.3, 0.4) is 0 Å². The minimum Gasteiger partial charge on any atom is -0.486 e. The van der Waals surface area contributed by atoms with Crippen molar-refractivity contribution in [3.8, 4) is 11.5 Å². The SMILES string of the molecule is c1cc(NCc2ccc3c(c2)OCCO3)nc(N2CCCC2)c1. The highest BCUT2D eigenvalue weighted by Gasteiger charge is 2.14. The molecule has 0 aliphatic carbocycles. The monoisotopic (exact) mass is 311 g/mol. The molecular formula is C18H21N3O2. The highest BCUT2D eigenvalue weighted by Crippen LogP contribution is 2.31. The normalized spacial score (nSPS) is 16.4. The van der Waals surface area contributed by atoms with Gasteiger partial charge in [0.2, 0.25) is 0 Å². The van der Waals surface area contributed by atoms with E-state index in [0.29, 0.717) is 19.8 Å². The average molecular weight is 311 g/mol. The fourth-order valence-electron chi connectivity index (χ4n) is 3.03. The Hall–Kier alpha value is -2.43. The van der Waals surface area contributed by atoms with Crippen LogP contribution in [0.1, 0.15) is 18.4 Å². The first-order valence-corrected chi connectivity index (χ1v) is 8.23. The van der Waals surface area contributed by atoms with Crippen LogP contribution in [0.5, 0.6) is 11.5 Å². The Morgan fingerprint density at radius 3 is 2.70 bits per heavy atom. The third-order valence-corrected chi connectivity index (χ3v) is 4.24. The number of nitrogens with zero attached hydrogens (tertiary/aromatic N) is 2. The van der Waals surface area contributed by atoms with Gasteiger partial charge in [0.05, 0.1) is 0 Å². The Bertz CT molecular complexity index is 684. The van der Waals surface area contributed by atoms with Gasteiger partial charge in [-0.2, -0.15) is 0 Å². The summed E-state index contributed by atoms with van der Waals surface area (Å²) in [7, 11) is 0. The maximum absolute atomic E-state index is 5.63. The minimum atomic E-state index is 0.614. The molecule has 2 aromatic rings. The fraction of sp³-hybridized carbons (Fsp3) is 0.389. The van der Waals surface area contributed by atoms with Crippen molar-refractivity contribution in [1.29, 1.82) is 0 Å². The Balaban J connectivity index is 1.43. The van der Waals surface area contributed by atoms with E-state index in [1.807, 2.05) is 18.2 Å². The lowest BCUT2D eigenvalue weighted by Gasteiger charge is -2.19. The smallest absolute Gasteiger partial charge is 0.161 e. The summed E-state index contributed by atoms with van der Waals surface area (Å²) in [5.41, 5.74) is 1.16. The molecule has 3 heterocycles. The van der Waals surface area contributed by atoms with E-state index >= 15 is 0 Å². The van der Waals surface area contributed by atoms with Crippen molar-refractivity contribution < 1.29 is 9.47 Å². The van der Waals surface area contributed by atoms with Crippen LogP contribution in [0.4, 0.5) is 11.6 Å². The molecule has 23 heavy (non-hydrogen) atoms. The van der Waals surface area contributed by atoms with Crippen molar-refractivity contribution in [3.05, 3.63) is 42.0 Å². The summed E-state index contributed by atoms with van der Waals surface area (Å²) in [5.74, 6) is 3.63. The second-order valence-corrected chi connectivity index (χ2v) is 5.91. The van der Waals surface area contributed by atoms with E-state index in [9.17, 15) is 0 Å². The second kappa shape index (κ2) is 6.36. The maximum Gasteiger partial charge on any atom is 0.161 e. The molecular weight excluding hydrogens is 290 g/mol. The molecule has 5 heteroatoms. The molecule has 5 nitrogen and oxygen atoms in total. The van der Waals surface area contributed by atoms with Crippen LogP contribution < -0.4 is 19.7 Å². The molecule has 4 rings (SSSR count). The molecule has 1 aromatic heterocycles. The van der Waals surface area contributed by atoms with Gasteiger partial charge in [0.25, 0.3) is 0 Å². The summed E-state index contributed by atoms with van der Waals surface area (Å²) in [4.78, 5) is 7.06. The van der Waals surface area contributed by atoms with Gasteiger partial charge < -0.3 is 19.7 Å². The Labute approximate surface area is 136 Å². The Morgan fingerprint density at radius 2 is 1.83 bits per heavy atom. The first-order chi connectivity index (χ1) is 11.4. The molecule has 0 saturated carbocycles. The molecule has 2 aliphatic heterocycles. The number of benzene rings is 1. The number of hydrogen-bond donors (Lipinski definition) is 1. The van der Waals surface area contributed by atoms with Gasteiger partial charge in [-0.15, -0.1) is 0 Å². The van der Waals surface area contributed by atoms with Crippen LogP contribution in [-0.2, 0) is 6.54 Å². The van der Waals surface area contributed by atoms with Crippen molar-refractivity contribution in [3.63, 3.8) is 0 Å². The molecule has 1 saturated heterocycles. The number of hydrogen-bond acceptors (Lipinski definition) is 5. The van der Waals surface area contributed by atoms with E-state index in [1.54, 1.807) is 0 Å². The summed E-state index contributed by atoms with van der Waals surface area (Å²) in [5, 5.41) is 3.40. The number of nitrogens with one attached hydrogen (secondary N) is 1. The first kappa shape index (κ1) is 14.2. The highest BCUT2D eigenvalue weighted by molar-refractivity contribution is 5.49. The maximum atomic E-state index is 5.63. The summed E-state index contributed by atoms with van der Waals surface area (Å²) in [6, 6.07) is 12.2. The zero-order valence-corrected chi connectivity index (χ0v) is 13.1. The summed E-state index contributed by atoms with van der Waals surface area (Å²) in [6.07, 6.45) is 2.52. The topological polar surface area (TPSA) is 46.6 Å². The largest absolute Gasteiger partial charge is 0.486 e. The summed E-state index contributed by atoms with van der Waals surface area (Å²) >= 11 is 0. The zero-order chi connectivity index (χ0) is 15.5. The molecule has 120 valence electrons. The van der Waals surface area contributed by atoms with Gasteiger partial charge in [-0.05, 0) is 42.7 Å². The lowest BCUT2D eigenvalue weighted by atomic mass is 10.2. The molecule has 0 atom stereocenters. The quantitative estimate of drug-likeness (QED) is 0.940. The predicted molar refractivity (Wildman–Crippen MR) is 90.4 cm³/mol. The number of rotatable bonds is 4. The number of anilines is 2. The van der Waals surface area contributed by atoms with Crippen molar-refractivity contribution >= 4 is 11.6 Å². The van der Waals surface area contributed by atoms with Crippen LogP contribution in [-0.4, -0.2) is 31.3 Å². The van der Waals surface area contributed by atoms with Crippen molar-refractivity contribution in [2.75, 3.05) is 36.5 Å². The number of aromatic nitrogens is 1. The summed E-state index contributed by atoms with van der Waals surface area (Å²) < 4.78 is 11.2. The van der Waals surface area contributed by atoms with E-state index in [1.165, 1.54) is 12.8 Å². The third kappa shape index (κ3) is 3.18. The van der Waals surface area contributed by atoms with E-state index in [4.69, 9.17) is 14.5 Å². The van der Waals surface area contributed by atoms with Gasteiger partial charge >= 0.3 is 0 Å². The first-order valence-electron chi connectivity index (χ1n) is 8.23. The fourth-order valence-corrected chi connectivity index (χ4v) is 3.03. The van der Waals surface area contributed by atoms with E-state index in [0.717, 1.165) is 41.8 Å². The van der Waals surface area contributed by atoms with Gasteiger partial charge in [0, 0.05) is 19.6 Å². The molecule has 0 bridgehead atoms. The van der Waals surface area contributed by atoms with Crippen molar-refractivity contribution in [1.82, 2.24) is 4.98 Å². The standard InChI is InChI=1S/C18H21N3O2/c1-2-9-21(8-1)18-5-3-4-17(20-18)19-13-14-6-7-15-16(12-14)23-11-10-22-15/h3-7,12H,1-2,8-11,13H2,(H,19,20). The van der Waals surface area contributed by atoms with Crippen LogP contribution in [0, 0.1) is 0 Å². The molecule has 1 N–H and O–H groups in total. The molecule has 0 unspecified atom stereocenters. The molecule has 0 amide bonds. The van der Waals surface area contributed by atoms with Gasteiger partial charge in [0.15, 0.2) is 11.5 Å². The van der Waals surface area contributed by atoms with Crippen LogP contribution in [0.25, 0.3) is 0 Å². The molecule has 1 aromatic carbocycles. The third-order valence-electron chi connectivity index (χ3n) is 4.24. The van der Waals surface area contributed by atoms with Crippen LogP contribution in [0.15, 0.2) is 36.4 Å². The average Bonchev–Trinajstić information content (AvgIpc) is 3.15. The van der Waals surface area contributed by atoms with E-state index in [-0.39, 0.29) is 0 Å². The summed E-state index contributed by atoms with van der Waals surface area (Å²) in [6.45, 7) is 4.17. The Morgan fingerprint density at radius 1 is 1.00 bits per heavy atom. The van der Waals surface area contributed by atoms with Crippen LogP contribution >= 0.6 is 0 Å². The van der Waals surface area contributed by atoms with Crippen molar-refractivity contribution in [2.24, 2.45) is 0 Å². The molecule has 1 fully saturated rings. The minimum absolute atomic E-state index is 0.614. The highest BCUT2D eigenvalue weighted by atomic mass is 16.6. The molecule has 0 spiro atoms. The number of pyridine rings is 1. The van der Waals surface area contributed by atoms with Gasteiger partial charge in [0.1, 0.15) is 24.8 Å². The van der Waals surface area contributed by atoms with E-state index < -0.39 is 0 Å². The van der Waals surface area contributed by atoms with Crippen LogP contribution in [0.2, 0.25) is 0 Å². The zero-order valence-electron chi connectivity index (χ0n) is 13.1. The van der Waals surface area contributed by atoms with Crippen molar-refractivity contribution in [2.45, 2.75) is 19.4 Å². The molecule has 0 radical (unpaired) electrons. The van der Waals surface area contributed by atoms with Gasteiger partial charge in [-0.25, -0.2) is 4.98 Å². The second-order valence-electron chi connectivity index (χ2n) is 5.91. The Kier molecular flexibility index (Phi) is 3.92.